The minimum atomic E-state index is -4.21. The Morgan fingerprint density at radius 1 is 1.46 bits per heavy atom. The molecule has 74 valence electrons. The molecule has 1 aromatic rings. The third-order valence-corrected chi connectivity index (χ3v) is 1.17. The molecule has 0 unspecified atom stereocenters. The van der Waals surface area contributed by atoms with Gasteiger partial charge in [0, 0.05) is 0 Å². The van der Waals surface area contributed by atoms with E-state index in [1.54, 1.807) is 6.92 Å². The quantitative estimate of drug-likeness (QED) is 0.782. The molecule has 0 saturated carbocycles. The molecule has 1 rings (SSSR count). The molecule has 0 aliphatic rings. The van der Waals surface area contributed by atoms with Gasteiger partial charge in [-0.3, -0.25) is 0 Å². The predicted molar refractivity (Wildman–Crippen MR) is 36.8 cm³/mol. The highest BCUT2D eigenvalue weighted by atomic mass is 19.4. The summed E-state index contributed by atoms with van der Waals surface area (Å²) in [7, 11) is 0. The van der Waals surface area contributed by atoms with Crippen LogP contribution < -0.4 is 5.32 Å². The van der Waals surface area contributed by atoms with Crippen molar-refractivity contribution in [3.05, 3.63) is 11.7 Å². The Labute approximate surface area is 72.1 Å². The topological polar surface area (TPSA) is 51.0 Å². The van der Waals surface area contributed by atoms with Gasteiger partial charge in [0.15, 0.2) is 5.82 Å². The van der Waals surface area contributed by atoms with Gasteiger partial charge in [0.05, 0.1) is 13.1 Å². The highest BCUT2D eigenvalue weighted by molar-refractivity contribution is 4.81. The molecule has 0 fully saturated rings. The standard InChI is InChI=1S/C6H8F3N3O/c1-4-11-5(13-12-4)2-10-3-6(7,8)9/h10H,2-3H2,1H3. The molecule has 0 aromatic carbocycles. The maximum absolute atomic E-state index is 11.6. The van der Waals surface area contributed by atoms with Crippen LogP contribution in [0.5, 0.6) is 0 Å². The van der Waals surface area contributed by atoms with Gasteiger partial charge in [0.1, 0.15) is 0 Å². The van der Waals surface area contributed by atoms with Crippen LogP contribution in [0.15, 0.2) is 4.52 Å². The van der Waals surface area contributed by atoms with Gasteiger partial charge >= 0.3 is 6.18 Å². The van der Waals surface area contributed by atoms with E-state index in [1.807, 2.05) is 0 Å². The van der Waals surface area contributed by atoms with E-state index < -0.39 is 12.7 Å². The Balaban J connectivity index is 2.28. The molecule has 0 radical (unpaired) electrons. The Hall–Kier alpha value is -1.11. The van der Waals surface area contributed by atoms with Gasteiger partial charge in [0.2, 0.25) is 5.89 Å². The number of nitrogens with zero attached hydrogens (tertiary/aromatic N) is 2. The Morgan fingerprint density at radius 3 is 2.62 bits per heavy atom. The van der Waals surface area contributed by atoms with Gasteiger partial charge in [0.25, 0.3) is 0 Å². The van der Waals surface area contributed by atoms with Gasteiger partial charge < -0.3 is 9.84 Å². The first-order valence-corrected chi connectivity index (χ1v) is 3.54. The minimum Gasteiger partial charge on any atom is -0.338 e. The lowest BCUT2D eigenvalue weighted by atomic mass is 10.5. The number of alkyl halides is 3. The summed E-state index contributed by atoms with van der Waals surface area (Å²) in [6, 6.07) is 0. The summed E-state index contributed by atoms with van der Waals surface area (Å²) in [5.41, 5.74) is 0. The molecule has 0 aliphatic carbocycles. The van der Waals surface area contributed by atoms with Crippen molar-refractivity contribution in [2.45, 2.75) is 19.6 Å². The smallest absolute Gasteiger partial charge is 0.338 e. The molecule has 0 saturated heterocycles. The summed E-state index contributed by atoms with van der Waals surface area (Å²) < 4.78 is 39.5. The third-order valence-electron chi connectivity index (χ3n) is 1.17. The van der Waals surface area contributed by atoms with Crippen LogP contribution in [0.1, 0.15) is 11.7 Å². The van der Waals surface area contributed by atoms with Gasteiger partial charge in [-0.05, 0) is 6.92 Å². The van der Waals surface area contributed by atoms with Crippen LogP contribution >= 0.6 is 0 Å². The predicted octanol–water partition coefficient (Wildman–Crippen LogP) is 1.03. The van der Waals surface area contributed by atoms with E-state index in [1.165, 1.54) is 0 Å². The van der Waals surface area contributed by atoms with Crippen molar-refractivity contribution in [1.82, 2.24) is 15.5 Å². The number of nitrogens with one attached hydrogen (secondary N) is 1. The summed E-state index contributed by atoms with van der Waals surface area (Å²) in [5.74, 6) is 0.561. The molecule has 4 nitrogen and oxygen atoms in total. The monoisotopic (exact) mass is 195 g/mol. The van der Waals surface area contributed by atoms with Gasteiger partial charge in [-0.25, -0.2) is 0 Å². The van der Waals surface area contributed by atoms with E-state index in [2.05, 4.69) is 20.0 Å². The van der Waals surface area contributed by atoms with Crippen LogP contribution in [0.25, 0.3) is 0 Å². The lowest BCUT2D eigenvalue weighted by Gasteiger charge is -2.05. The fraction of sp³-hybridized carbons (Fsp3) is 0.667. The summed E-state index contributed by atoms with van der Waals surface area (Å²) in [5, 5.41) is 5.56. The zero-order chi connectivity index (χ0) is 9.90. The molecule has 1 aromatic heterocycles. The van der Waals surface area contributed by atoms with Crippen molar-refractivity contribution in [2.24, 2.45) is 0 Å². The molecule has 13 heavy (non-hydrogen) atoms. The van der Waals surface area contributed by atoms with Crippen molar-refractivity contribution < 1.29 is 17.7 Å². The van der Waals surface area contributed by atoms with E-state index in [9.17, 15) is 13.2 Å². The van der Waals surface area contributed by atoms with Gasteiger partial charge in [-0.15, -0.1) is 0 Å². The Morgan fingerprint density at radius 2 is 2.15 bits per heavy atom. The average molecular weight is 195 g/mol. The molecular formula is C6H8F3N3O. The minimum absolute atomic E-state index is 0.0691. The number of aromatic nitrogens is 2. The van der Waals surface area contributed by atoms with Crippen LogP contribution in [-0.2, 0) is 6.54 Å². The fourth-order valence-electron chi connectivity index (χ4n) is 0.723. The fourth-order valence-corrected chi connectivity index (χ4v) is 0.723. The molecule has 0 amide bonds. The van der Waals surface area contributed by atoms with Crippen LogP contribution in [0.4, 0.5) is 13.2 Å². The van der Waals surface area contributed by atoms with E-state index in [0.717, 1.165) is 0 Å². The lowest BCUT2D eigenvalue weighted by molar-refractivity contribution is -0.125. The summed E-state index contributed by atoms with van der Waals surface area (Å²) >= 11 is 0. The second kappa shape index (κ2) is 3.73. The molecule has 7 heteroatoms. The van der Waals surface area contributed by atoms with Crippen molar-refractivity contribution in [3.63, 3.8) is 0 Å². The van der Waals surface area contributed by atoms with Gasteiger partial charge in [-0.1, -0.05) is 5.16 Å². The molecule has 1 N–H and O–H groups in total. The average Bonchev–Trinajstić information content (AvgIpc) is 2.33. The number of aryl methyl sites for hydroxylation is 1. The normalized spacial score (nSPS) is 12.0. The Bertz CT molecular complexity index is 270. The number of halogens is 3. The number of rotatable bonds is 3. The Kier molecular flexibility index (Phi) is 2.86. The third kappa shape index (κ3) is 3.88. The van der Waals surface area contributed by atoms with Crippen LogP contribution in [-0.4, -0.2) is 22.9 Å². The van der Waals surface area contributed by atoms with E-state index >= 15 is 0 Å². The maximum Gasteiger partial charge on any atom is 0.401 e. The SMILES string of the molecule is Cc1noc(CNCC(F)(F)F)n1. The first-order valence-electron chi connectivity index (χ1n) is 3.54. The zero-order valence-corrected chi connectivity index (χ0v) is 6.85. The van der Waals surface area contributed by atoms with Crippen molar-refractivity contribution >= 4 is 0 Å². The molecule has 0 aliphatic heterocycles. The number of hydrogen-bond donors (Lipinski definition) is 1. The molecule has 1 heterocycles. The lowest BCUT2D eigenvalue weighted by Crippen LogP contribution is -2.28. The zero-order valence-electron chi connectivity index (χ0n) is 6.85. The summed E-state index contributed by atoms with van der Waals surface area (Å²) in [4.78, 5) is 3.72. The summed E-state index contributed by atoms with van der Waals surface area (Å²) in [6.07, 6.45) is -4.21. The summed E-state index contributed by atoms with van der Waals surface area (Å²) in [6.45, 7) is 0.464. The second-order valence-corrected chi connectivity index (χ2v) is 2.45. The highest BCUT2D eigenvalue weighted by Crippen LogP contribution is 2.12. The first kappa shape index (κ1) is 9.97. The van der Waals surface area contributed by atoms with Crippen molar-refractivity contribution in [2.75, 3.05) is 6.54 Å². The van der Waals surface area contributed by atoms with Crippen LogP contribution in [0.3, 0.4) is 0 Å². The second-order valence-electron chi connectivity index (χ2n) is 2.45. The van der Waals surface area contributed by atoms with E-state index in [0.29, 0.717) is 5.82 Å². The van der Waals surface area contributed by atoms with E-state index in [4.69, 9.17) is 0 Å². The van der Waals surface area contributed by atoms with E-state index in [-0.39, 0.29) is 12.4 Å². The molecule has 0 spiro atoms. The van der Waals surface area contributed by atoms with Crippen LogP contribution in [0, 0.1) is 6.92 Å². The van der Waals surface area contributed by atoms with Gasteiger partial charge in [-0.2, -0.15) is 18.2 Å². The number of hydrogen-bond acceptors (Lipinski definition) is 4. The molecule has 0 bridgehead atoms. The van der Waals surface area contributed by atoms with Crippen LogP contribution in [0.2, 0.25) is 0 Å². The largest absolute Gasteiger partial charge is 0.401 e. The van der Waals surface area contributed by atoms with Crippen molar-refractivity contribution in [3.8, 4) is 0 Å². The first-order chi connectivity index (χ1) is 5.97. The van der Waals surface area contributed by atoms with Crippen molar-refractivity contribution in [1.29, 1.82) is 0 Å². The maximum atomic E-state index is 11.6. The molecular weight excluding hydrogens is 187 g/mol. The highest BCUT2D eigenvalue weighted by Gasteiger charge is 2.26. The molecule has 0 atom stereocenters.